The van der Waals surface area contributed by atoms with Crippen LogP contribution in [-0.2, 0) is 6.54 Å². The van der Waals surface area contributed by atoms with E-state index in [0.717, 1.165) is 6.07 Å². The fraction of sp³-hybridized carbons (Fsp3) is 0.500. The molecule has 1 aromatic heterocycles. The SMILES string of the molecule is FC(F)Cn1n[c]cc1SC(F)(F)F. The van der Waals surface area contributed by atoms with Crippen LogP contribution >= 0.6 is 11.8 Å². The van der Waals surface area contributed by atoms with E-state index in [1.54, 1.807) is 0 Å². The minimum Gasteiger partial charge on any atom is -0.252 e. The third-order valence-corrected chi connectivity index (χ3v) is 1.92. The van der Waals surface area contributed by atoms with Crippen molar-refractivity contribution in [2.75, 3.05) is 0 Å². The predicted molar refractivity (Wildman–Crippen MR) is 39.0 cm³/mol. The van der Waals surface area contributed by atoms with E-state index in [-0.39, 0.29) is 0 Å². The molecule has 0 spiro atoms. The van der Waals surface area contributed by atoms with Crippen LogP contribution in [0.3, 0.4) is 0 Å². The lowest BCUT2D eigenvalue weighted by Crippen LogP contribution is -2.11. The number of thioether (sulfide) groups is 1. The summed E-state index contributed by atoms with van der Waals surface area (Å²) in [7, 11) is 0. The van der Waals surface area contributed by atoms with Gasteiger partial charge in [-0.05, 0) is 0 Å². The van der Waals surface area contributed by atoms with Gasteiger partial charge in [-0.15, -0.1) is 0 Å². The molecule has 0 fully saturated rings. The van der Waals surface area contributed by atoms with E-state index in [4.69, 9.17) is 0 Å². The fourth-order valence-electron chi connectivity index (χ4n) is 0.740. The molecule has 0 saturated carbocycles. The van der Waals surface area contributed by atoms with Crippen LogP contribution in [0, 0.1) is 6.20 Å². The van der Waals surface area contributed by atoms with Gasteiger partial charge in [0.25, 0.3) is 6.43 Å². The van der Waals surface area contributed by atoms with Crippen molar-refractivity contribution in [3.63, 3.8) is 0 Å². The van der Waals surface area contributed by atoms with Crippen LogP contribution in [0.4, 0.5) is 22.0 Å². The molecule has 0 aliphatic rings. The van der Waals surface area contributed by atoms with Crippen LogP contribution in [0.2, 0.25) is 0 Å². The Labute approximate surface area is 80.1 Å². The molecular weight excluding hydrogens is 227 g/mol. The second-order valence-electron chi connectivity index (χ2n) is 2.23. The van der Waals surface area contributed by atoms with E-state index in [1.165, 1.54) is 0 Å². The maximum Gasteiger partial charge on any atom is 0.447 e. The van der Waals surface area contributed by atoms with E-state index < -0.39 is 35.3 Å². The van der Waals surface area contributed by atoms with Crippen molar-refractivity contribution in [1.29, 1.82) is 0 Å². The Kier molecular flexibility index (Phi) is 3.35. The summed E-state index contributed by atoms with van der Waals surface area (Å²) in [6, 6.07) is 0.917. The Morgan fingerprint density at radius 2 is 2.14 bits per heavy atom. The van der Waals surface area contributed by atoms with Gasteiger partial charge < -0.3 is 0 Å². The molecule has 8 heteroatoms. The second kappa shape index (κ2) is 4.16. The number of rotatable bonds is 3. The molecule has 0 saturated heterocycles. The maximum absolute atomic E-state index is 11.9. The predicted octanol–water partition coefficient (Wildman–Crippen LogP) is 2.56. The highest BCUT2D eigenvalue weighted by atomic mass is 32.2. The van der Waals surface area contributed by atoms with E-state index >= 15 is 0 Å². The van der Waals surface area contributed by atoms with E-state index in [9.17, 15) is 22.0 Å². The lowest BCUT2D eigenvalue weighted by atomic mass is 10.7. The molecule has 0 aliphatic carbocycles. The van der Waals surface area contributed by atoms with Crippen LogP contribution in [0.15, 0.2) is 11.1 Å². The first kappa shape index (κ1) is 11.3. The zero-order chi connectivity index (χ0) is 10.8. The average molecular weight is 231 g/mol. The fourth-order valence-corrected chi connectivity index (χ4v) is 1.31. The molecule has 1 rings (SSSR count). The van der Waals surface area contributed by atoms with Crippen molar-refractivity contribution in [2.45, 2.75) is 23.5 Å². The monoisotopic (exact) mass is 231 g/mol. The number of halogens is 5. The molecule has 0 amide bonds. The van der Waals surface area contributed by atoms with Crippen LogP contribution in [0.25, 0.3) is 0 Å². The zero-order valence-electron chi connectivity index (χ0n) is 6.55. The van der Waals surface area contributed by atoms with Crippen molar-refractivity contribution in [3.8, 4) is 0 Å². The Morgan fingerprint density at radius 1 is 1.50 bits per heavy atom. The lowest BCUT2D eigenvalue weighted by Gasteiger charge is -2.07. The quantitative estimate of drug-likeness (QED) is 0.587. The Bertz CT molecular complexity index is 295. The van der Waals surface area contributed by atoms with E-state index in [0.29, 0.717) is 4.68 Å². The molecule has 1 heterocycles. The topological polar surface area (TPSA) is 17.8 Å². The van der Waals surface area contributed by atoms with Crippen LogP contribution in [0.1, 0.15) is 0 Å². The third-order valence-electron chi connectivity index (χ3n) is 1.15. The van der Waals surface area contributed by atoms with Gasteiger partial charge in [0.15, 0.2) is 0 Å². The summed E-state index contributed by atoms with van der Waals surface area (Å²) >= 11 is -0.488. The number of hydrogen-bond donors (Lipinski definition) is 0. The summed E-state index contributed by atoms with van der Waals surface area (Å²) in [5.74, 6) is 0. The van der Waals surface area contributed by atoms with Crippen LogP contribution in [-0.4, -0.2) is 21.7 Å². The number of hydrogen-bond acceptors (Lipinski definition) is 2. The standard InChI is InChI=1S/C6H4F5N2S/c7-4(8)3-13-5(1-2-12-13)14-6(9,10)11/h1,4H,3H2. The van der Waals surface area contributed by atoms with Gasteiger partial charge in [-0.3, -0.25) is 4.68 Å². The van der Waals surface area contributed by atoms with Gasteiger partial charge in [0, 0.05) is 17.8 Å². The first-order chi connectivity index (χ1) is 6.38. The molecule has 0 aromatic carbocycles. The smallest absolute Gasteiger partial charge is 0.252 e. The zero-order valence-corrected chi connectivity index (χ0v) is 7.37. The summed E-state index contributed by atoms with van der Waals surface area (Å²) in [6.45, 7) is -0.859. The summed E-state index contributed by atoms with van der Waals surface area (Å²) in [5.41, 5.74) is -4.51. The highest BCUT2D eigenvalue weighted by Crippen LogP contribution is 2.36. The number of aromatic nitrogens is 2. The molecule has 0 bridgehead atoms. The molecular formula is C6H4F5N2S. The number of nitrogens with zero attached hydrogens (tertiary/aromatic N) is 2. The number of alkyl halides is 5. The second-order valence-corrected chi connectivity index (χ2v) is 3.32. The average Bonchev–Trinajstić information content (AvgIpc) is 2.32. The molecule has 2 nitrogen and oxygen atoms in total. The van der Waals surface area contributed by atoms with Crippen LogP contribution < -0.4 is 0 Å². The molecule has 1 aromatic rings. The molecule has 0 unspecified atom stereocenters. The summed E-state index contributed by atoms with van der Waals surface area (Å²) in [4.78, 5) is 0. The highest BCUT2D eigenvalue weighted by Gasteiger charge is 2.31. The Morgan fingerprint density at radius 3 is 2.64 bits per heavy atom. The first-order valence-corrected chi connectivity index (χ1v) is 4.18. The normalized spacial score (nSPS) is 12.4. The van der Waals surface area contributed by atoms with Crippen molar-refractivity contribution < 1.29 is 22.0 Å². The summed E-state index contributed by atoms with van der Waals surface area (Å²) < 4.78 is 59.8. The lowest BCUT2D eigenvalue weighted by molar-refractivity contribution is -0.0332. The maximum atomic E-state index is 11.9. The molecule has 79 valence electrons. The molecule has 0 N–H and O–H groups in total. The minimum atomic E-state index is -4.51. The summed E-state index contributed by atoms with van der Waals surface area (Å²) in [5, 5.41) is 2.84. The molecule has 0 atom stereocenters. The van der Waals surface area contributed by atoms with Gasteiger partial charge in [0.1, 0.15) is 17.8 Å². The van der Waals surface area contributed by atoms with Gasteiger partial charge >= 0.3 is 5.51 Å². The van der Waals surface area contributed by atoms with Crippen molar-refractivity contribution in [2.24, 2.45) is 0 Å². The molecule has 14 heavy (non-hydrogen) atoms. The van der Waals surface area contributed by atoms with Gasteiger partial charge in [-0.25, -0.2) is 8.78 Å². The van der Waals surface area contributed by atoms with Crippen molar-refractivity contribution in [3.05, 3.63) is 12.3 Å². The van der Waals surface area contributed by atoms with Gasteiger partial charge in [-0.2, -0.15) is 18.3 Å². The largest absolute Gasteiger partial charge is 0.447 e. The van der Waals surface area contributed by atoms with Gasteiger partial charge in [0.05, 0.1) is 0 Å². The third kappa shape index (κ3) is 3.52. The van der Waals surface area contributed by atoms with Crippen molar-refractivity contribution in [1.82, 2.24) is 9.78 Å². The molecule has 1 radical (unpaired) electrons. The van der Waals surface area contributed by atoms with Gasteiger partial charge in [-0.1, -0.05) is 0 Å². The van der Waals surface area contributed by atoms with E-state index in [1.807, 2.05) is 0 Å². The molecule has 0 aliphatic heterocycles. The summed E-state index contributed by atoms with van der Waals surface area (Å²) in [6.07, 6.45) is -0.655. The minimum absolute atomic E-state index is 0.391. The Balaban J connectivity index is 2.72. The Hall–Kier alpha value is -0.790. The van der Waals surface area contributed by atoms with Gasteiger partial charge in [0.2, 0.25) is 0 Å². The first-order valence-electron chi connectivity index (χ1n) is 3.36. The van der Waals surface area contributed by atoms with Crippen LogP contribution in [0.5, 0.6) is 0 Å². The van der Waals surface area contributed by atoms with Crippen molar-refractivity contribution >= 4 is 11.8 Å². The highest BCUT2D eigenvalue weighted by molar-refractivity contribution is 8.00. The van der Waals surface area contributed by atoms with E-state index in [2.05, 4.69) is 11.3 Å².